The van der Waals surface area contributed by atoms with Gasteiger partial charge in [-0.25, -0.2) is 9.89 Å². The van der Waals surface area contributed by atoms with Gasteiger partial charge < -0.3 is 10.5 Å². The molecule has 1 aliphatic carbocycles. The first-order chi connectivity index (χ1) is 10.0. The van der Waals surface area contributed by atoms with Crippen molar-refractivity contribution in [2.75, 3.05) is 5.73 Å². The molecule has 7 heteroatoms. The Kier molecular flexibility index (Phi) is 3.67. The second-order valence-corrected chi connectivity index (χ2v) is 6.42. The first kappa shape index (κ1) is 14.1. The molecule has 0 radical (unpaired) electrons. The summed E-state index contributed by atoms with van der Waals surface area (Å²) < 4.78 is 7.41. The minimum Gasteiger partial charge on any atom is -0.489 e. The van der Waals surface area contributed by atoms with E-state index in [4.69, 9.17) is 10.5 Å². The molecule has 112 valence electrons. The molecule has 2 aromatic rings. The Morgan fingerprint density at radius 3 is 2.90 bits per heavy atom. The molecule has 0 aliphatic heterocycles. The number of aromatic amines is 1. The molecule has 3 N–H and O–H groups in total. The van der Waals surface area contributed by atoms with Gasteiger partial charge in [0.15, 0.2) is 5.16 Å². The minimum atomic E-state index is -0.144. The van der Waals surface area contributed by atoms with Crippen molar-refractivity contribution >= 4 is 17.4 Å². The van der Waals surface area contributed by atoms with Crippen molar-refractivity contribution in [3.8, 4) is 5.75 Å². The van der Waals surface area contributed by atoms with E-state index >= 15 is 0 Å². The molecule has 0 atom stereocenters. The number of hydrogen-bond donors (Lipinski definition) is 2. The molecule has 1 aromatic heterocycles. The van der Waals surface area contributed by atoms with Crippen LogP contribution in [0.1, 0.15) is 32.7 Å². The lowest BCUT2D eigenvalue weighted by molar-refractivity contribution is 0.243. The Morgan fingerprint density at radius 1 is 1.48 bits per heavy atom. The number of hydrogen-bond acceptors (Lipinski definition) is 5. The van der Waals surface area contributed by atoms with E-state index in [2.05, 4.69) is 10.2 Å². The number of rotatable bonds is 5. The number of aromatic nitrogens is 3. The SMILES string of the molecule is CC(C)Oc1cc(Sc2n[nH]c(=O)n2C2CC2)ccc1N. The third-order valence-corrected chi connectivity index (χ3v) is 4.10. The highest BCUT2D eigenvalue weighted by atomic mass is 32.2. The summed E-state index contributed by atoms with van der Waals surface area (Å²) in [5, 5.41) is 7.30. The van der Waals surface area contributed by atoms with Crippen LogP contribution in [0, 0.1) is 0 Å². The Labute approximate surface area is 126 Å². The van der Waals surface area contributed by atoms with Gasteiger partial charge in [0, 0.05) is 10.9 Å². The van der Waals surface area contributed by atoms with Gasteiger partial charge in [-0.1, -0.05) is 0 Å². The lowest BCUT2D eigenvalue weighted by Crippen LogP contribution is -2.16. The molecule has 6 nitrogen and oxygen atoms in total. The lowest BCUT2D eigenvalue weighted by atomic mass is 10.3. The van der Waals surface area contributed by atoms with E-state index in [1.165, 1.54) is 11.8 Å². The van der Waals surface area contributed by atoms with Gasteiger partial charge in [0.2, 0.25) is 0 Å². The molecule has 21 heavy (non-hydrogen) atoms. The van der Waals surface area contributed by atoms with Gasteiger partial charge in [-0.2, -0.15) is 0 Å². The standard InChI is InChI=1S/C14H18N4O2S/c1-8(2)20-12-7-10(5-6-11(12)15)21-14-17-16-13(19)18(14)9-3-4-9/h5-9H,3-4,15H2,1-2H3,(H,16,19). The molecule has 0 saturated heterocycles. The molecular formula is C14H18N4O2S. The van der Waals surface area contributed by atoms with Crippen LogP contribution >= 0.6 is 11.8 Å². The highest BCUT2D eigenvalue weighted by Crippen LogP contribution is 2.38. The Hall–Kier alpha value is -1.89. The van der Waals surface area contributed by atoms with Gasteiger partial charge in [0.05, 0.1) is 11.8 Å². The zero-order valence-electron chi connectivity index (χ0n) is 12.0. The third-order valence-electron chi connectivity index (χ3n) is 3.14. The lowest BCUT2D eigenvalue weighted by Gasteiger charge is -2.13. The van der Waals surface area contributed by atoms with Gasteiger partial charge in [-0.15, -0.1) is 5.10 Å². The smallest absolute Gasteiger partial charge is 0.344 e. The normalized spacial score (nSPS) is 14.6. The molecule has 0 amide bonds. The van der Waals surface area contributed by atoms with Crippen LogP contribution < -0.4 is 16.2 Å². The predicted molar refractivity (Wildman–Crippen MR) is 81.9 cm³/mol. The van der Waals surface area contributed by atoms with E-state index in [-0.39, 0.29) is 11.8 Å². The number of nitrogens with two attached hydrogens (primary N) is 1. The molecule has 0 unspecified atom stereocenters. The van der Waals surface area contributed by atoms with Crippen molar-refractivity contribution in [2.45, 2.75) is 48.9 Å². The van der Waals surface area contributed by atoms with Gasteiger partial charge in [0.25, 0.3) is 0 Å². The third kappa shape index (κ3) is 3.07. The molecule has 3 rings (SSSR count). The second kappa shape index (κ2) is 5.48. The monoisotopic (exact) mass is 306 g/mol. The van der Waals surface area contributed by atoms with Crippen LogP contribution in [-0.2, 0) is 0 Å². The zero-order valence-corrected chi connectivity index (χ0v) is 12.8. The van der Waals surface area contributed by atoms with Crippen LogP contribution in [0.15, 0.2) is 33.0 Å². The highest BCUT2D eigenvalue weighted by molar-refractivity contribution is 7.99. The molecule has 0 bridgehead atoms. The topological polar surface area (TPSA) is 85.9 Å². The van der Waals surface area contributed by atoms with Gasteiger partial charge in [0.1, 0.15) is 5.75 Å². The van der Waals surface area contributed by atoms with Crippen LogP contribution in [-0.4, -0.2) is 20.9 Å². The summed E-state index contributed by atoms with van der Waals surface area (Å²) in [6.45, 7) is 3.91. The average Bonchev–Trinajstić information content (AvgIpc) is 3.18. The first-order valence-corrected chi connectivity index (χ1v) is 7.77. The van der Waals surface area contributed by atoms with Crippen molar-refractivity contribution < 1.29 is 4.74 Å². The summed E-state index contributed by atoms with van der Waals surface area (Å²) in [6.07, 6.45) is 2.13. The number of ether oxygens (including phenoxy) is 1. The molecule has 1 fully saturated rings. The molecule has 1 aromatic carbocycles. The van der Waals surface area contributed by atoms with E-state index in [9.17, 15) is 4.79 Å². The second-order valence-electron chi connectivity index (χ2n) is 5.38. The fourth-order valence-electron chi connectivity index (χ4n) is 2.06. The molecular weight excluding hydrogens is 288 g/mol. The van der Waals surface area contributed by atoms with Crippen molar-refractivity contribution in [1.82, 2.24) is 14.8 Å². The number of nitrogens with one attached hydrogen (secondary N) is 1. The first-order valence-electron chi connectivity index (χ1n) is 6.95. The largest absolute Gasteiger partial charge is 0.489 e. The zero-order chi connectivity index (χ0) is 15.0. The summed E-state index contributed by atoms with van der Waals surface area (Å²) in [6, 6.07) is 5.89. The molecule has 1 saturated carbocycles. The van der Waals surface area contributed by atoms with E-state index < -0.39 is 0 Å². The number of H-pyrrole nitrogens is 1. The minimum absolute atomic E-state index is 0.0579. The van der Waals surface area contributed by atoms with Gasteiger partial charge in [-0.05, 0) is 56.7 Å². The van der Waals surface area contributed by atoms with Crippen molar-refractivity contribution in [1.29, 1.82) is 0 Å². The van der Waals surface area contributed by atoms with Crippen LogP contribution in [0.25, 0.3) is 0 Å². The number of benzene rings is 1. The summed E-state index contributed by atoms with van der Waals surface area (Å²) in [7, 11) is 0. The molecule has 1 heterocycles. The quantitative estimate of drug-likeness (QED) is 0.829. The van der Waals surface area contributed by atoms with E-state index in [0.717, 1.165) is 17.7 Å². The van der Waals surface area contributed by atoms with Crippen LogP contribution in [0.3, 0.4) is 0 Å². The van der Waals surface area contributed by atoms with E-state index in [1.54, 1.807) is 4.57 Å². The Bertz CT molecular complexity index is 703. The summed E-state index contributed by atoms with van der Waals surface area (Å²) >= 11 is 1.44. The summed E-state index contributed by atoms with van der Waals surface area (Å²) in [5.41, 5.74) is 6.37. The number of nitrogen functional groups attached to an aromatic ring is 1. The maximum absolute atomic E-state index is 11.8. The van der Waals surface area contributed by atoms with Gasteiger partial charge >= 0.3 is 5.69 Å². The highest BCUT2D eigenvalue weighted by Gasteiger charge is 2.28. The maximum Gasteiger partial charge on any atom is 0.344 e. The summed E-state index contributed by atoms with van der Waals surface area (Å²) in [4.78, 5) is 12.7. The number of nitrogens with zero attached hydrogens (tertiary/aromatic N) is 2. The fraction of sp³-hybridized carbons (Fsp3) is 0.429. The van der Waals surface area contributed by atoms with Crippen molar-refractivity contribution in [2.24, 2.45) is 0 Å². The fourth-order valence-corrected chi connectivity index (χ4v) is 2.99. The number of anilines is 1. The van der Waals surface area contributed by atoms with Crippen molar-refractivity contribution in [3.63, 3.8) is 0 Å². The summed E-state index contributed by atoms with van der Waals surface area (Å²) in [5.74, 6) is 0.658. The van der Waals surface area contributed by atoms with Crippen LogP contribution in [0.4, 0.5) is 5.69 Å². The predicted octanol–water partition coefficient (Wildman–Crippen LogP) is 2.43. The van der Waals surface area contributed by atoms with Crippen LogP contribution in [0.2, 0.25) is 0 Å². The molecule has 0 spiro atoms. The Morgan fingerprint density at radius 2 is 2.24 bits per heavy atom. The van der Waals surface area contributed by atoms with E-state index in [1.807, 2.05) is 32.0 Å². The van der Waals surface area contributed by atoms with Crippen molar-refractivity contribution in [3.05, 3.63) is 28.7 Å². The maximum atomic E-state index is 11.8. The van der Waals surface area contributed by atoms with E-state index in [0.29, 0.717) is 22.6 Å². The van der Waals surface area contributed by atoms with Crippen LogP contribution in [0.5, 0.6) is 5.75 Å². The average molecular weight is 306 g/mol. The Balaban J connectivity index is 1.86. The molecule has 1 aliphatic rings. The van der Waals surface area contributed by atoms with Gasteiger partial charge in [-0.3, -0.25) is 4.57 Å².